The Balaban J connectivity index is 1.37. The van der Waals surface area contributed by atoms with Crippen LogP contribution in [0.1, 0.15) is 24.1 Å². The van der Waals surface area contributed by atoms with Crippen LogP contribution in [0, 0.1) is 19.8 Å². The molecule has 1 aliphatic rings. The molecule has 3 heterocycles. The van der Waals surface area contributed by atoms with Crippen molar-refractivity contribution in [2.75, 3.05) is 13.1 Å². The normalized spacial score (nSPS) is 14.5. The lowest BCUT2D eigenvalue weighted by atomic mass is 9.96. The van der Waals surface area contributed by atoms with E-state index in [1.165, 1.54) is 15.6 Å². The molecule has 1 aliphatic heterocycles. The SMILES string of the molecule is Cc1ncn(CC(=O)N2CCC(Cn3nc(-c4ccccc4)ccc3=O)CC2)c(=O)c1C. The quantitative estimate of drug-likeness (QED) is 0.614. The molecular formula is C24H27N5O3. The highest BCUT2D eigenvalue weighted by atomic mass is 16.2. The number of likely N-dealkylation sites (tertiary alicyclic amines) is 1. The van der Waals surface area contributed by atoms with Crippen LogP contribution in [-0.2, 0) is 17.9 Å². The summed E-state index contributed by atoms with van der Waals surface area (Å²) in [5.74, 6) is 0.179. The van der Waals surface area contributed by atoms with Crippen molar-refractivity contribution in [2.24, 2.45) is 5.92 Å². The van der Waals surface area contributed by atoms with E-state index in [4.69, 9.17) is 0 Å². The van der Waals surface area contributed by atoms with Crippen LogP contribution in [-0.4, -0.2) is 43.2 Å². The van der Waals surface area contributed by atoms with Gasteiger partial charge in [0.2, 0.25) is 5.91 Å². The van der Waals surface area contributed by atoms with Crippen molar-refractivity contribution in [3.05, 3.63) is 80.8 Å². The number of carbonyl (C=O) groups is 1. The molecule has 0 radical (unpaired) electrons. The highest BCUT2D eigenvalue weighted by molar-refractivity contribution is 5.76. The third-order valence-electron chi connectivity index (χ3n) is 6.16. The molecule has 8 nitrogen and oxygen atoms in total. The van der Waals surface area contributed by atoms with Crippen LogP contribution >= 0.6 is 0 Å². The standard InChI is InChI=1S/C24H27N5O3/c1-17-18(2)25-16-28(24(17)32)15-23(31)27-12-10-19(11-13-27)14-29-22(30)9-8-21(26-29)20-6-4-3-5-7-20/h3-9,16,19H,10-15H2,1-2H3. The van der Waals surface area contributed by atoms with E-state index in [1.54, 1.807) is 30.9 Å². The zero-order valence-corrected chi connectivity index (χ0v) is 18.4. The van der Waals surface area contributed by atoms with Crippen LogP contribution in [0.25, 0.3) is 11.3 Å². The molecule has 1 amide bonds. The molecule has 0 saturated carbocycles. The van der Waals surface area contributed by atoms with Gasteiger partial charge in [0.15, 0.2) is 0 Å². The van der Waals surface area contributed by atoms with Crippen molar-refractivity contribution in [3.63, 3.8) is 0 Å². The summed E-state index contributed by atoms with van der Waals surface area (Å²) < 4.78 is 2.90. The molecule has 0 aliphatic carbocycles. The van der Waals surface area contributed by atoms with Crippen LogP contribution in [0.15, 0.2) is 58.4 Å². The van der Waals surface area contributed by atoms with Crippen LogP contribution < -0.4 is 11.1 Å². The first-order valence-corrected chi connectivity index (χ1v) is 10.9. The molecule has 1 saturated heterocycles. The van der Waals surface area contributed by atoms with Crippen molar-refractivity contribution < 1.29 is 4.79 Å². The van der Waals surface area contributed by atoms with Crippen LogP contribution in [0.2, 0.25) is 0 Å². The molecule has 0 spiro atoms. The fraction of sp³-hybridized carbons (Fsp3) is 0.375. The predicted molar refractivity (Wildman–Crippen MR) is 121 cm³/mol. The van der Waals surface area contributed by atoms with E-state index >= 15 is 0 Å². The summed E-state index contributed by atoms with van der Waals surface area (Å²) in [4.78, 5) is 43.4. The van der Waals surface area contributed by atoms with E-state index in [1.807, 2.05) is 30.3 Å². The average molecular weight is 434 g/mol. The van der Waals surface area contributed by atoms with Gasteiger partial charge in [0, 0.05) is 42.5 Å². The molecule has 0 unspecified atom stereocenters. The average Bonchev–Trinajstić information content (AvgIpc) is 2.82. The maximum Gasteiger partial charge on any atom is 0.266 e. The molecule has 0 N–H and O–H groups in total. The summed E-state index contributed by atoms with van der Waals surface area (Å²) in [6.07, 6.45) is 3.01. The van der Waals surface area contributed by atoms with Crippen molar-refractivity contribution in [3.8, 4) is 11.3 Å². The third kappa shape index (κ3) is 4.69. The minimum absolute atomic E-state index is 0.00223. The summed E-state index contributed by atoms with van der Waals surface area (Å²) in [5.41, 5.74) is 2.69. The molecule has 1 fully saturated rings. The number of hydrogen-bond acceptors (Lipinski definition) is 5. The van der Waals surface area contributed by atoms with Crippen LogP contribution in [0.3, 0.4) is 0 Å². The zero-order chi connectivity index (χ0) is 22.7. The van der Waals surface area contributed by atoms with Gasteiger partial charge in [-0.25, -0.2) is 9.67 Å². The van der Waals surface area contributed by atoms with E-state index in [2.05, 4.69) is 10.1 Å². The monoisotopic (exact) mass is 433 g/mol. The maximum atomic E-state index is 12.7. The summed E-state index contributed by atoms with van der Waals surface area (Å²) in [6, 6.07) is 13.1. The van der Waals surface area contributed by atoms with Crippen molar-refractivity contribution in [2.45, 2.75) is 39.8 Å². The van der Waals surface area contributed by atoms with E-state index in [-0.39, 0.29) is 29.5 Å². The molecule has 4 rings (SSSR count). The Kier molecular flexibility index (Phi) is 6.30. The number of rotatable bonds is 5. The van der Waals surface area contributed by atoms with Gasteiger partial charge in [-0.2, -0.15) is 5.10 Å². The van der Waals surface area contributed by atoms with Gasteiger partial charge in [0.25, 0.3) is 11.1 Å². The number of amides is 1. The number of benzene rings is 1. The van der Waals surface area contributed by atoms with Gasteiger partial charge in [-0.3, -0.25) is 19.0 Å². The van der Waals surface area contributed by atoms with E-state index < -0.39 is 0 Å². The lowest BCUT2D eigenvalue weighted by Crippen LogP contribution is -2.43. The summed E-state index contributed by atoms with van der Waals surface area (Å²) in [7, 11) is 0. The fourth-order valence-electron chi connectivity index (χ4n) is 3.99. The summed E-state index contributed by atoms with van der Waals surface area (Å²) in [6.45, 7) is 5.23. The van der Waals surface area contributed by atoms with Crippen molar-refractivity contribution in [1.29, 1.82) is 0 Å². The Bertz CT molecular complexity index is 1220. The Morgan fingerprint density at radius 2 is 1.75 bits per heavy atom. The molecule has 0 atom stereocenters. The van der Waals surface area contributed by atoms with Gasteiger partial charge >= 0.3 is 0 Å². The molecule has 1 aromatic carbocycles. The number of hydrogen-bond donors (Lipinski definition) is 0. The molecule has 3 aromatic rings. The van der Waals surface area contributed by atoms with E-state index in [9.17, 15) is 14.4 Å². The largest absolute Gasteiger partial charge is 0.341 e. The number of piperidine rings is 1. The van der Waals surface area contributed by atoms with Gasteiger partial charge < -0.3 is 4.90 Å². The second-order valence-corrected chi connectivity index (χ2v) is 8.32. The molecule has 166 valence electrons. The van der Waals surface area contributed by atoms with Crippen molar-refractivity contribution >= 4 is 5.91 Å². The number of carbonyl (C=O) groups excluding carboxylic acids is 1. The number of aromatic nitrogens is 4. The third-order valence-corrected chi connectivity index (χ3v) is 6.16. The fourth-order valence-corrected chi connectivity index (χ4v) is 3.99. The smallest absolute Gasteiger partial charge is 0.266 e. The van der Waals surface area contributed by atoms with Gasteiger partial charge in [0.1, 0.15) is 6.54 Å². The second-order valence-electron chi connectivity index (χ2n) is 8.32. The zero-order valence-electron chi connectivity index (χ0n) is 18.4. The maximum absolute atomic E-state index is 12.7. The molecule has 32 heavy (non-hydrogen) atoms. The van der Waals surface area contributed by atoms with E-state index in [0.29, 0.717) is 30.9 Å². The Morgan fingerprint density at radius 1 is 1.03 bits per heavy atom. The Morgan fingerprint density at radius 3 is 2.47 bits per heavy atom. The van der Waals surface area contributed by atoms with Gasteiger partial charge in [-0.1, -0.05) is 30.3 Å². The lowest BCUT2D eigenvalue weighted by molar-refractivity contribution is -0.133. The summed E-state index contributed by atoms with van der Waals surface area (Å²) in [5, 5.41) is 4.55. The highest BCUT2D eigenvalue weighted by Crippen LogP contribution is 2.20. The minimum Gasteiger partial charge on any atom is -0.341 e. The summed E-state index contributed by atoms with van der Waals surface area (Å²) >= 11 is 0. The lowest BCUT2D eigenvalue weighted by Gasteiger charge is -2.32. The van der Waals surface area contributed by atoms with Crippen molar-refractivity contribution in [1.82, 2.24) is 24.2 Å². The van der Waals surface area contributed by atoms with Crippen LogP contribution in [0.5, 0.6) is 0 Å². The van der Waals surface area contributed by atoms with Crippen LogP contribution in [0.4, 0.5) is 0 Å². The second kappa shape index (κ2) is 9.30. The van der Waals surface area contributed by atoms with Gasteiger partial charge in [0.05, 0.1) is 12.0 Å². The predicted octanol–water partition coefficient (Wildman–Crippen LogP) is 2.02. The minimum atomic E-state index is -0.176. The number of aryl methyl sites for hydroxylation is 1. The Labute approximate surface area is 186 Å². The first kappa shape index (κ1) is 21.7. The van der Waals surface area contributed by atoms with Gasteiger partial charge in [-0.15, -0.1) is 0 Å². The first-order chi connectivity index (χ1) is 15.4. The molecule has 0 bridgehead atoms. The molecule has 8 heteroatoms. The topological polar surface area (TPSA) is 90.1 Å². The number of nitrogens with zero attached hydrogens (tertiary/aromatic N) is 5. The molecule has 2 aromatic heterocycles. The first-order valence-electron chi connectivity index (χ1n) is 10.9. The molecular weight excluding hydrogens is 406 g/mol. The Hall–Kier alpha value is -3.55. The van der Waals surface area contributed by atoms with E-state index in [0.717, 1.165) is 24.1 Å². The van der Waals surface area contributed by atoms with Gasteiger partial charge in [-0.05, 0) is 38.7 Å². The highest BCUT2D eigenvalue weighted by Gasteiger charge is 2.24.